The molecule has 138 valence electrons. The molecule has 3 aromatic heterocycles. The molecule has 0 radical (unpaired) electrons. The number of aromatic nitrogens is 4. The van der Waals surface area contributed by atoms with Gasteiger partial charge in [-0.1, -0.05) is 6.07 Å². The fourth-order valence-electron chi connectivity index (χ4n) is 2.89. The van der Waals surface area contributed by atoms with E-state index in [2.05, 4.69) is 20.4 Å². The number of hydrogen-bond donors (Lipinski definition) is 1. The van der Waals surface area contributed by atoms with Gasteiger partial charge in [-0.15, -0.1) is 0 Å². The summed E-state index contributed by atoms with van der Waals surface area (Å²) in [4.78, 5) is 36.7. The Hall–Kier alpha value is -3.94. The number of hydrogen-bond acceptors (Lipinski definition) is 5. The molecule has 0 saturated heterocycles. The van der Waals surface area contributed by atoms with Crippen LogP contribution in [0.25, 0.3) is 22.4 Å². The summed E-state index contributed by atoms with van der Waals surface area (Å²) in [7, 11) is 0. The lowest BCUT2D eigenvalue weighted by Gasteiger charge is -2.10. The second-order valence-corrected chi connectivity index (χ2v) is 6.08. The molecule has 4 aromatic rings. The number of fused-ring (bicyclic) bond motifs is 1. The summed E-state index contributed by atoms with van der Waals surface area (Å²) in [5, 5.41) is 0.411. The summed E-state index contributed by atoms with van der Waals surface area (Å²) >= 11 is 0. The van der Waals surface area contributed by atoms with E-state index < -0.39 is 11.7 Å². The van der Waals surface area contributed by atoms with Crippen LogP contribution in [0.4, 0.5) is 4.39 Å². The molecule has 7 nitrogen and oxygen atoms in total. The van der Waals surface area contributed by atoms with Gasteiger partial charge in [0.1, 0.15) is 11.5 Å². The van der Waals surface area contributed by atoms with Gasteiger partial charge in [0.15, 0.2) is 12.1 Å². The molecule has 8 heteroatoms. The van der Waals surface area contributed by atoms with Crippen molar-refractivity contribution in [2.45, 2.75) is 6.92 Å². The molecule has 3 heterocycles. The van der Waals surface area contributed by atoms with Gasteiger partial charge < -0.3 is 0 Å². The van der Waals surface area contributed by atoms with E-state index in [0.717, 1.165) is 0 Å². The molecular weight excluding hydrogens is 361 g/mol. The second kappa shape index (κ2) is 6.99. The van der Waals surface area contributed by atoms with Gasteiger partial charge in [-0.05, 0) is 37.3 Å². The van der Waals surface area contributed by atoms with E-state index in [1.807, 2.05) is 6.07 Å². The van der Waals surface area contributed by atoms with Crippen LogP contribution in [0.3, 0.4) is 0 Å². The Kier molecular flexibility index (Phi) is 4.36. The first-order valence-electron chi connectivity index (χ1n) is 8.39. The monoisotopic (exact) mass is 375 g/mol. The molecule has 4 rings (SSSR count). The van der Waals surface area contributed by atoms with Crippen molar-refractivity contribution in [1.82, 2.24) is 19.6 Å². The van der Waals surface area contributed by atoms with Gasteiger partial charge in [0.2, 0.25) is 0 Å². The highest BCUT2D eigenvalue weighted by molar-refractivity contribution is 6.03. The van der Waals surface area contributed by atoms with Gasteiger partial charge in [0.05, 0.1) is 16.8 Å². The van der Waals surface area contributed by atoms with Crippen LogP contribution in [-0.2, 0) is 0 Å². The summed E-state index contributed by atoms with van der Waals surface area (Å²) in [6, 6.07) is 9.39. The maximum absolute atomic E-state index is 13.5. The minimum absolute atomic E-state index is 0.272. The van der Waals surface area contributed by atoms with Gasteiger partial charge in [-0.2, -0.15) is 0 Å². The van der Waals surface area contributed by atoms with Crippen molar-refractivity contribution < 1.29 is 14.0 Å². The first kappa shape index (κ1) is 17.5. The molecule has 0 unspecified atom stereocenters. The lowest BCUT2D eigenvalue weighted by Crippen LogP contribution is -2.23. The molecule has 0 spiro atoms. The van der Waals surface area contributed by atoms with Crippen LogP contribution in [0.5, 0.6) is 0 Å². The Morgan fingerprint density at radius 2 is 2.07 bits per heavy atom. The van der Waals surface area contributed by atoms with Crippen LogP contribution in [0.15, 0.2) is 55.0 Å². The number of aldehydes is 1. The molecule has 1 aromatic carbocycles. The second-order valence-electron chi connectivity index (χ2n) is 6.08. The Labute approximate surface area is 158 Å². The standard InChI is InChI=1S/C20H14FN5O2/c1-12-16(9-23-19(24-12)17-4-2-3-7-22-17)20(28)25-26-10-13(11-27)15-8-14(21)5-6-18(15)26/h2-11H,1H3,(H,25,28). The number of pyridine rings is 1. The number of amides is 1. The highest BCUT2D eigenvalue weighted by Crippen LogP contribution is 2.21. The van der Waals surface area contributed by atoms with E-state index in [1.165, 1.54) is 35.3 Å². The number of nitrogens with one attached hydrogen (secondary N) is 1. The van der Waals surface area contributed by atoms with E-state index in [4.69, 9.17) is 0 Å². The zero-order valence-corrected chi connectivity index (χ0v) is 14.8. The number of rotatable bonds is 4. The third kappa shape index (κ3) is 3.11. The van der Waals surface area contributed by atoms with Gasteiger partial charge >= 0.3 is 0 Å². The van der Waals surface area contributed by atoms with Gasteiger partial charge in [-0.25, -0.2) is 14.4 Å². The van der Waals surface area contributed by atoms with Crippen LogP contribution < -0.4 is 5.43 Å². The highest BCUT2D eigenvalue weighted by atomic mass is 19.1. The van der Waals surface area contributed by atoms with E-state index >= 15 is 0 Å². The Morgan fingerprint density at radius 1 is 1.21 bits per heavy atom. The zero-order valence-electron chi connectivity index (χ0n) is 14.8. The SMILES string of the molecule is Cc1nc(-c2ccccn2)ncc1C(=O)Nn1cc(C=O)c2cc(F)ccc21. The molecule has 0 atom stereocenters. The summed E-state index contributed by atoms with van der Waals surface area (Å²) in [6.45, 7) is 1.70. The Morgan fingerprint density at radius 3 is 2.79 bits per heavy atom. The van der Waals surface area contributed by atoms with Crippen LogP contribution in [0, 0.1) is 12.7 Å². The molecule has 0 bridgehead atoms. The molecule has 0 saturated carbocycles. The van der Waals surface area contributed by atoms with Crippen molar-refractivity contribution in [1.29, 1.82) is 0 Å². The smallest absolute Gasteiger partial charge is 0.273 e. The molecular formula is C20H14FN5O2. The van der Waals surface area contributed by atoms with Crippen LogP contribution in [0.2, 0.25) is 0 Å². The van der Waals surface area contributed by atoms with Crippen LogP contribution >= 0.6 is 0 Å². The molecule has 0 aliphatic carbocycles. The number of aryl methyl sites for hydroxylation is 1. The van der Waals surface area contributed by atoms with Crippen molar-refractivity contribution in [3.8, 4) is 11.5 Å². The fourth-order valence-corrected chi connectivity index (χ4v) is 2.89. The predicted octanol–water partition coefficient (Wildman–Crippen LogP) is 3.14. The third-order valence-electron chi connectivity index (χ3n) is 4.26. The number of halogens is 1. The first-order chi connectivity index (χ1) is 13.6. The Bertz CT molecular complexity index is 1200. The van der Waals surface area contributed by atoms with Gasteiger partial charge in [0, 0.05) is 29.5 Å². The topological polar surface area (TPSA) is 89.8 Å². The summed E-state index contributed by atoms with van der Waals surface area (Å²) in [6.07, 6.45) is 5.11. The molecule has 28 heavy (non-hydrogen) atoms. The maximum atomic E-state index is 13.5. The first-order valence-corrected chi connectivity index (χ1v) is 8.39. The number of carbonyl (C=O) groups excluding carboxylic acids is 2. The van der Waals surface area contributed by atoms with E-state index in [0.29, 0.717) is 34.4 Å². The average molecular weight is 375 g/mol. The van der Waals surface area contributed by atoms with Crippen molar-refractivity contribution in [2.24, 2.45) is 0 Å². The van der Waals surface area contributed by atoms with Crippen molar-refractivity contribution in [3.05, 3.63) is 77.6 Å². The molecule has 0 aliphatic rings. The van der Waals surface area contributed by atoms with Crippen molar-refractivity contribution >= 4 is 23.1 Å². The lowest BCUT2D eigenvalue weighted by atomic mass is 10.2. The number of nitrogens with zero attached hydrogens (tertiary/aromatic N) is 4. The highest BCUT2D eigenvalue weighted by Gasteiger charge is 2.16. The van der Waals surface area contributed by atoms with Crippen molar-refractivity contribution in [3.63, 3.8) is 0 Å². The maximum Gasteiger partial charge on any atom is 0.273 e. The largest absolute Gasteiger partial charge is 0.298 e. The van der Waals surface area contributed by atoms with Gasteiger partial charge in [-0.3, -0.25) is 24.7 Å². The van der Waals surface area contributed by atoms with E-state index in [1.54, 1.807) is 25.3 Å². The quantitative estimate of drug-likeness (QED) is 0.554. The lowest BCUT2D eigenvalue weighted by molar-refractivity contribution is 0.101. The Balaban J connectivity index is 1.66. The summed E-state index contributed by atoms with van der Waals surface area (Å²) in [5.41, 5.74) is 4.80. The van der Waals surface area contributed by atoms with Crippen molar-refractivity contribution in [2.75, 3.05) is 5.43 Å². The molecule has 0 aliphatic heterocycles. The van der Waals surface area contributed by atoms with E-state index in [9.17, 15) is 14.0 Å². The summed E-state index contributed by atoms with van der Waals surface area (Å²) in [5.74, 6) is -0.502. The minimum Gasteiger partial charge on any atom is -0.298 e. The molecule has 0 fully saturated rings. The average Bonchev–Trinajstić information content (AvgIpc) is 3.05. The van der Waals surface area contributed by atoms with Crippen LogP contribution in [0.1, 0.15) is 26.4 Å². The molecule has 1 amide bonds. The van der Waals surface area contributed by atoms with Gasteiger partial charge in [0.25, 0.3) is 5.91 Å². The fraction of sp³-hybridized carbons (Fsp3) is 0.0500. The van der Waals surface area contributed by atoms with Crippen LogP contribution in [-0.4, -0.2) is 31.8 Å². The minimum atomic E-state index is -0.464. The van der Waals surface area contributed by atoms with E-state index in [-0.39, 0.29) is 11.1 Å². The number of benzene rings is 1. The third-order valence-corrected chi connectivity index (χ3v) is 4.26. The predicted molar refractivity (Wildman–Crippen MR) is 101 cm³/mol. The zero-order chi connectivity index (χ0) is 19.7. The summed E-state index contributed by atoms with van der Waals surface area (Å²) < 4.78 is 14.9. The normalized spacial score (nSPS) is 10.8. The molecule has 1 N–H and O–H groups in total. The number of carbonyl (C=O) groups is 2.